The topological polar surface area (TPSA) is 52.6 Å². The summed E-state index contributed by atoms with van der Waals surface area (Å²) in [5.74, 6) is 0.333. The molecule has 4 N–H and O–H groups in total. The summed E-state index contributed by atoms with van der Waals surface area (Å²) in [5.41, 5.74) is 5.06. The lowest BCUT2D eigenvalue weighted by atomic mass is 9.94. The van der Waals surface area contributed by atoms with Crippen LogP contribution in [0, 0.1) is 0 Å². The number of benzene rings is 2. The maximum absolute atomic E-state index is 9.71. The van der Waals surface area contributed by atoms with Gasteiger partial charge in [0.1, 0.15) is 5.75 Å². The number of aromatic amines is 1. The molecule has 2 heterocycles. The minimum absolute atomic E-state index is 0.248. The summed E-state index contributed by atoms with van der Waals surface area (Å²) in [6.07, 6.45) is 1.09. The summed E-state index contributed by atoms with van der Waals surface area (Å²) < 4.78 is 0. The molecule has 20 heavy (non-hydrogen) atoms. The first-order chi connectivity index (χ1) is 9.83. The Morgan fingerprint density at radius 3 is 2.90 bits per heavy atom. The lowest BCUT2D eigenvalue weighted by Crippen LogP contribution is -2.87. The molecule has 0 saturated carbocycles. The smallest absolute Gasteiger partial charge is 0.153 e. The van der Waals surface area contributed by atoms with Crippen molar-refractivity contribution in [2.24, 2.45) is 0 Å². The number of hydrogen-bond donors (Lipinski definition) is 3. The zero-order chi connectivity index (χ0) is 13.5. The molecule has 0 aliphatic carbocycles. The minimum atomic E-state index is 0.248. The highest BCUT2D eigenvalue weighted by Crippen LogP contribution is 2.31. The monoisotopic (exact) mass is 265 g/mol. The van der Waals surface area contributed by atoms with Crippen LogP contribution in [0.4, 0.5) is 0 Å². The molecule has 1 aliphatic heterocycles. The van der Waals surface area contributed by atoms with Crippen molar-refractivity contribution in [2.75, 3.05) is 6.54 Å². The molecule has 2 aromatic carbocycles. The number of phenols is 1. The molecule has 1 atom stereocenters. The van der Waals surface area contributed by atoms with E-state index in [9.17, 15) is 5.11 Å². The van der Waals surface area contributed by atoms with Gasteiger partial charge in [-0.05, 0) is 23.8 Å². The Kier molecular flexibility index (Phi) is 2.54. The van der Waals surface area contributed by atoms with Gasteiger partial charge >= 0.3 is 0 Å². The minimum Gasteiger partial charge on any atom is -0.508 e. The number of quaternary nitrogens is 1. The Morgan fingerprint density at radius 1 is 1.10 bits per heavy atom. The van der Waals surface area contributed by atoms with E-state index in [1.54, 1.807) is 6.07 Å². The summed E-state index contributed by atoms with van der Waals surface area (Å²) in [6.45, 7) is 1.08. The first-order valence-electron chi connectivity index (χ1n) is 7.04. The lowest BCUT2D eigenvalue weighted by molar-refractivity contribution is -0.690. The van der Waals surface area contributed by atoms with Crippen molar-refractivity contribution >= 4 is 10.9 Å². The van der Waals surface area contributed by atoms with Gasteiger partial charge in [-0.3, -0.25) is 0 Å². The largest absolute Gasteiger partial charge is 0.508 e. The van der Waals surface area contributed by atoms with Crippen molar-refractivity contribution in [3.63, 3.8) is 0 Å². The van der Waals surface area contributed by atoms with E-state index in [1.807, 2.05) is 12.1 Å². The van der Waals surface area contributed by atoms with Gasteiger partial charge in [0.15, 0.2) is 6.04 Å². The number of para-hydroxylation sites is 1. The zero-order valence-electron chi connectivity index (χ0n) is 11.1. The number of nitrogens with two attached hydrogens (primary N) is 1. The summed E-state index contributed by atoms with van der Waals surface area (Å²) in [4.78, 5) is 3.57. The Labute approximate surface area is 117 Å². The van der Waals surface area contributed by atoms with Crippen LogP contribution in [0.1, 0.15) is 22.9 Å². The molecule has 1 unspecified atom stereocenters. The van der Waals surface area contributed by atoms with Crippen LogP contribution in [0.3, 0.4) is 0 Å². The van der Waals surface area contributed by atoms with Crippen molar-refractivity contribution in [2.45, 2.75) is 12.5 Å². The highest BCUT2D eigenvalue weighted by atomic mass is 16.3. The van der Waals surface area contributed by atoms with Crippen LogP contribution in [-0.4, -0.2) is 16.6 Å². The number of hydrogen-bond acceptors (Lipinski definition) is 1. The van der Waals surface area contributed by atoms with E-state index in [0.717, 1.165) is 18.5 Å². The highest BCUT2D eigenvalue weighted by molar-refractivity contribution is 5.85. The van der Waals surface area contributed by atoms with Crippen molar-refractivity contribution in [3.8, 4) is 5.75 Å². The number of nitrogens with one attached hydrogen (secondary N) is 1. The number of rotatable bonds is 1. The van der Waals surface area contributed by atoms with E-state index in [-0.39, 0.29) is 6.04 Å². The summed E-state index contributed by atoms with van der Waals surface area (Å²) in [7, 11) is 0. The van der Waals surface area contributed by atoms with Crippen molar-refractivity contribution in [1.82, 2.24) is 4.98 Å². The second kappa shape index (κ2) is 4.39. The Hall–Kier alpha value is -2.26. The molecular weight excluding hydrogens is 248 g/mol. The van der Waals surface area contributed by atoms with E-state index in [0.29, 0.717) is 5.75 Å². The fourth-order valence-corrected chi connectivity index (χ4v) is 3.29. The van der Waals surface area contributed by atoms with E-state index >= 15 is 0 Å². The fourth-order valence-electron chi connectivity index (χ4n) is 3.29. The number of phenolic OH excluding ortho intramolecular Hbond substituents is 1. The number of aromatic nitrogens is 1. The van der Waals surface area contributed by atoms with Crippen LogP contribution in [0.15, 0.2) is 48.5 Å². The molecule has 1 aromatic heterocycles. The molecule has 3 aromatic rings. The maximum Gasteiger partial charge on any atom is 0.153 e. The highest BCUT2D eigenvalue weighted by Gasteiger charge is 2.28. The molecule has 0 radical (unpaired) electrons. The third-order valence-corrected chi connectivity index (χ3v) is 4.18. The van der Waals surface area contributed by atoms with E-state index in [1.165, 1.54) is 22.2 Å². The predicted molar refractivity (Wildman–Crippen MR) is 78.7 cm³/mol. The van der Waals surface area contributed by atoms with Gasteiger partial charge in [0.05, 0.1) is 12.2 Å². The number of aromatic hydroxyl groups is 1. The van der Waals surface area contributed by atoms with Crippen LogP contribution in [0.25, 0.3) is 10.9 Å². The second-order valence-electron chi connectivity index (χ2n) is 5.41. The molecule has 1 aliphatic rings. The first-order valence-corrected chi connectivity index (χ1v) is 7.04. The lowest BCUT2D eigenvalue weighted by Gasteiger charge is -2.21. The number of H-pyrrole nitrogens is 1. The van der Waals surface area contributed by atoms with E-state index in [4.69, 9.17) is 0 Å². The van der Waals surface area contributed by atoms with Gasteiger partial charge in [0.2, 0.25) is 0 Å². The molecule has 3 heteroatoms. The van der Waals surface area contributed by atoms with Gasteiger partial charge in [-0.15, -0.1) is 0 Å². The van der Waals surface area contributed by atoms with Gasteiger partial charge in [-0.1, -0.05) is 30.3 Å². The van der Waals surface area contributed by atoms with Gasteiger partial charge in [0, 0.05) is 22.9 Å². The zero-order valence-corrected chi connectivity index (χ0v) is 11.1. The first kappa shape index (κ1) is 11.6. The van der Waals surface area contributed by atoms with Gasteiger partial charge in [-0.25, -0.2) is 0 Å². The standard InChI is InChI=1S/C17H16N2O/c20-12-5-3-4-11(10-12)16-17-14(8-9-18-16)13-6-1-2-7-15(13)19-17/h1-7,10,16,18-20H,8-9H2/p+1. The SMILES string of the molecule is Oc1cccc(C2[NH2+]CCc3c2[nH]c2ccccc32)c1. The molecule has 4 rings (SSSR count). The van der Waals surface area contributed by atoms with Gasteiger partial charge < -0.3 is 15.4 Å². The molecule has 0 fully saturated rings. The Morgan fingerprint density at radius 2 is 2.00 bits per heavy atom. The average Bonchev–Trinajstić information content (AvgIpc) is 2.86. The van der Waals surface area contributed by atoms with Crippen LogP contribution < -0.4 is 5.32 Å². The summed E-state index contributed by atoms with van der Waals surface area (Å²) in [6, 6.07) is 16.3. The molecule has 100 valence electrons. The van der Waals surface area contributed by atoms with Crippen LogP contribution >= 0.6 is 0 Å². The molecule has 3 nitrogen and oxygen atoms in total. The average molecular weight is 265 g/mol. The maximum atomic E-state index is 9.71. The molecular formula is C17H17N2O+. The van der Waals surface area contributed by atoms with Crippen LogP contribution in [0.2, 0.25) is 0 Å². The third-order valence-electron chi connectivity index (χ3n) is 4.18. The Bertz CT molecular complexity index is 776. The Balaban J connectivity index is 1.90. The summed E-state index contributed by atoms with van der Waals surface area (Å²) >= 11 is 0. The van der Waals surface area contributed by atoms with E-state index in [2.05, 4.69) is 40.6 Å². The van der Waals surface area contributed by atoms with Crippen molar-refractivity contribution < 1.29 is 10.4 Å². The quantitative estimate of drug-likeness (QED) is 0.620. The van der Waals surface area contributed by atoms with Crippen molar-refractivity contribution in [1.29, 1.82) is 0 Å². The number of fused-ring (bicyclic) bond motifs is 3. The molecule has 0 spiro atoms. The van der Waals surface area contributed by atoms with Crippen molar-refractivity contribution in [3.05, 3.63) is 65.4 Å². The van der Waals surface area contributed by atoms with Crippen LogP contribution in [0.5, 0.6) is 5.75 Å². The fraction of sp³-hybridized carbons (Fsp3) is 0.176. The molecule has 0 bridgehead atoms. The third kappa shape index (κ3) is 1.71. The molecule has 0 amide bonds. The van der Waals surface area contributed by atoms with Gasteiger partial charge in [0.25, 0.3) is 0 Å². The molecule has 0 saturated heterocycles. The van der Waals surface area contributed by atoms with Gasteiger partial charge in [-0.2, -0.15) is 0 Å². The predicted octanol–water partition coefficient (Wildman–Crippen LogP) is 2.08. The van der Waals surface area contributed by atoms with E-state index < -0.39 is 0 Å². The van der Waals surface area contributed by atoms with Crippen LogP contribution in [-0.2, 0) is 6.42 Å². The summed E-state index contributed by atoms with van der Waals surface area (Å²) in [5, 5.41) is 13.4. The second-order valence-corrected chi connectivity index (χ2v) is 5.41. The normalized spacial score (nSPS) is 18.1.